The van der Waals surface area contributed by atoms with Crippen LogP contribution in [0.2, 0.25) is 0 Å². The number of halogens is 1. The summed E-state index contributed by atoms with van der Waals surface area (Å²) in [5.74, 6) is -0.224. The van der Waals surface area contributed by atoms with Crippen LogP contribution >= 0.6 is 0 Å². The van der Waals surface area contributed by atoms with Gasteiger partial charge in [0.15, 0.2) is 5.78 Å². The van der Waals surface area contributed by atoms with Gasteiger partial charge in [-0.2, -0.15) is 0 Å². The number of carbonyl (C=O) groups is 1. The van der Waals surface area contributed by atoms with E-state index in [9.17, 15) is 9.18 Å². The van der Waals surface area contributed by atoms with Gasteiger partial charge in [-0.15, -0.1) is 0 Å². The number of Topliss-reactive ketones (excluding diaryl/α,β-unsaturated/α-hetero) is 1. The minimum Gasteiger partial charge on any atom is -0.300 e. The number of ketones is 1. The number of rotatable bonds is 7. The summed E-state index contributed by atoms with van der Waals surface area (Å²) < 4.78 is 12.8. The number of hydrogen-bond donors (Lipinski definition) is 0. The molecular formula is C15H22FNO. The predicted molar refractivity (Wildman–Crippen MR) is 72.3 cm³/mol. The van der Waals surface area contributed by atoms with Crippen molar-refractivity contribution in [1.82, 2.24) is 4.90 Å². The number of carbonyl (C=O) groups excluding carboxylic acids is 1. The van der Waals surface area contributed by atoms with Crippen LogP contribution in [0.4, 0.5) is 4.39 Å². The summed E-state index contributed by atoms with van der Waals surface area (Å²) in [7, 11) is 0. The Kier molecular flexibility index (Phi) is 5.99. The Balaban J connectivity index is 2.51. The molecule has 0 amide bonds. The van der Waals surface area contributed by atoms with Gasteiger partial charge in [0.05, 0.1) is 0 Å². The zero-order chi connectivity index (χ0) is 13.5. The maximum Gasteiger partial charge on any atom is 0.164 e. The molecule has 0 spiro atoms. The smallest absolute Gasteiger partial charge is 0.164 e. The zero-order valence-electron chi connectivity index (χ0n) is 11.4. The summed E-state index contributed by atoms with van der Waals surface area (Å²) in [5.41, 5.74) is 0.594. The highest BCUT2D eigenvalue weighted by atomic mass is 19.1. The predicted octanol–water partition coefficient (Wildman–Crippen LogP) is 3.52. The topological polar surface area (TPSA) is 20.3 Å². The van der Waals surface area contributed by atoms with E-state index in [-0.39, 0.29) is 11.6 Å². The molecule has 1 rings (SSSR count). The molecule has 100 valence electrons. The molecule has 0 radical (unpaired) electrons. The Morgan fingerprint density at radius 2 is 1.83 bits per heavy atom. The Hall–Kier alpha value is -1.22. The SMILES string of the molecule is CCCN(CCC(=O)c1ccc(F)cc1)C(C)C. The maximum absolute atomic E-state index is 12.8. The first-order chi connectivity index (χ1) is 8.54. The van der Waals surface area contributed by atoms with Crippen molar-refractivity contribution in [2.24, 2.45) is 0 Å². The Labute approximate surface area is 109 Å². The van der Waals surface area contributed by atoms with Gasteiger partial charge in [0, 0.05) is 24.6 Å². The van der Waals surface area contributed by atoms with Gasteiger partial charge in [0.1, 0.15) is 5.82 Å². The molecule has 0 atom stereocenters. The van der Waals surface area contributed by atoms with E-state index in [0.717, 1.165) is 19.5 Å². The van der Waals surface area contributed by atoms with E-state index in [2.05, 4.69) is 25.7 Å². The monoisotopic (exact) mass is 251 g/mol. The van der Waals surface area contributed by atoms with E-state index in [4.69, 9.17) is 0 Å². The lowest BCUT2D eigenvalue weighted by molar-refractivity contribution is 0.0955. The molecule has 0 aromatic heterocycles. The molecule has 0 N–H and O–H groups in total. The van der Waals surface area contributed by atoms with Gasteiger partial charge < -0.3 is 4.90 Å². The van der Waals surface area contributed by atoms with Crippen molar-refractivity contribution in [3.05, 3.63) is 35.6 Å². The molecule has 0 heterocycles. The fourth-order valence-electron chi connectivity index (χ4n) is 1.94. The van der Waals surface area contributed by atoms with Crippen LogP contribution in [0.15, 0.2) is 24.3 Å². The van der Waals surface area contributed by atoms with Crippen LogP contribution < -0.4 is 0 Å². The lowest BCUT2D eigenvalue weighted by Gasteiger charge is -2.25. The van der Waals surface area contributed by atoms with Crippen molar-refractivity contribution in [2.45, 2.75) is 39.7 Å². The first-order valence-electron chi connectivity index (χ1n) is 6.57. The lowest BCUT2D eigenvalue weighted by Crippen LogP contribution is -2.33. The highest BCUT2D eigenvalue weighted by Gasteiger charge is 2.12. The molecule has 0 fully saturated rings. The third kappa shape index (κ3) is 4.57. The molecule has 0 aliphatic rings. The average Bonchev–Trinajstić information content (AvgIpc) is 2.34. The molecule has 1 aromatic carbocycles. The molecule has 0 aliphatic carbocycles. The molecule has 0 bridgehead atoms. The van der Waals surface area contributed by atoms with E-state index in [1.807, 2.05) is 0 Å². The van der Waals surface area contributed by atoms with Crippen LogP contribution in [0, 0.1) is 5.82 Å². The third-order valence-corrected chi connectivity index (χ3v) is 3.03. The first-order valence-corrected chi connectivity index (χ1v) is 6.57. The fraction of sp³-hybridized carbons (Fsp3) is 0.533. The van der Waals surface area contributed by atoms with Crippen molar-refractivity contribution in [3.63, 3.8) is 0 Å². The molecular weight excluding hydrogens is 229 g/mol. The van der Waals surface area contributed by atoms with E-state index >= 15 is 0 Å². The van der Waals surface area contributed by atoms with Crippen LogP contribution in [0.25, 0.3) is 0 Å². The highest BCUT2D eigenvalue weighted by molar-refractivity contribution is 5.96. The molecule has 2 nitrogen and oxygen atoms in total. The molecule has 18 heavy (non-hydrogen) atoms. The van der Waals surface area contributed by atoms with Crippen LogP contribution in [0.5, 0.6) is 0 Å². The van der Waals surface area contributed by atoms with Gasteiger partial charge in [0.25, 0.3) is 0 Å². The highest BCUT2D eigenvalue weighted by Crippen LogP contribution is 2.08. The van der Waals surface area contributed by atoms with Gasteiger partial charge >= 0.3 is 0 Å². The molecule has 0 unspecified atom stereocenters. The van der Waals surface area contributed by atoms with Crippen molar-refractivity contribution in [1.29, 1.82) is 0 Å². The van der Waals surface area contributed by atoms with E-state index in [1.165, 1.54) is 12.1 Å². The van der Waals surface area contributed by atoms with Crippen LogP contribution in [0.1, 0.15) is 44.0 Å². The summed E-state index contributed by atoms with van der Waals surface area (Å²) in [6, 6.07) is 6.22. The van der Waals surface area contributed by atoms with Gasteiger partial charge in [0.2, 0.25) is 0 Å². The Bertz CT molecular complexity index is 373. The Morgan fingerprint density at radius 1 is 1.22 bits per heavy atom. The summed E-state index contributed by atoms with van der Waals surface area (Å²) in [4.78, 5) is 14.2. The lowest BCUT2D eigenvalue weighted by atomic mass is 10.1. The molecule has 1 aromatic rings. The van der Waals surface area contributed by atoms with Crippen molar-refractivity contribution < 1.29 is 9.18 Å². The summed E-state index contributed by atoms with van der Waals surface area (Å²) in [6.45, 7) is 8.18. The second-order valence-electron chi connectivity index (χ2n) is 4.81. The summed E-state index contributed by atoms with van der Waals surface area (Å²) in [5, 5.41) is 0. The normalized spacial score (nSPS) is 11.2. The van der Waals surface area contributed by atoms with Gasteiger partial charge in [-0.05, 0) is 51.1 Å². The van der Waals surface area contributed by atoms with Gasteiger partial charge in [-0.1, -0.05) is 6.92 Å². The van der Waals surface area contributed by atoms with Crippen molar-refractivity contribution >= 4 is 5.78 Å². The zero-order valence-corrected chi connectivity index (χ0v) is 11.4. The number of nitrogens with zero attached hydrogens (tertiary/aromatic N) is 1. The second kappa shape index (κ2) is 7.27. The van der Waals surface area contributed by atoms with E-state index < -0.39 is 0 Å². The quantitative estimate of drug-likeness (QED) is 0.691. The largest absolute Gasteiger partial charge is 0.300 e. The first kappa shape index (κ1) is 14.8. The van der Waals surface area contributed by atoms with Crippen molar-refractivity contribution in [3.8, 4) is 0 Å². The van der Waals surface area contributed by atoms with Gasteiger partial charge in [-0.25, -0.2) is 4.39 Å². The van der Waals surface area contributed by atoms with E-state index in [1.54, 1.807) is 12.1 Å². The molecule has 3 heteroatoms. The summed E-state index contributed by atoms with van der Waals surface area (Å²) in [6.07, 6.45) is 1.58. The molecule has 0 saturated carbocycles. The minimum atomic E-state index is -0.304. The van der Waals surface area contributed by atoms with Crippen LogP contribution in [-0.4, -0.2) is 29.8 Å². The molecule has 0 aliphatic heterocycles. The standard InChI is InChI=1S/C15H22FNO/c1-4-10-17(12(2)3)11-9-15(18)13-5-7-14(16)8-6-13/h5-8,12H,4,9-11H2,1-3H3. The minimum absolute atomic E-state index is 0.0803. The maximum atomic E-state index is 12.8. The van der Waals surface area contributed by atoms with Crippen LogP contribution in [-0.2, 0) is 0 Å². The Morgan fingerprint density at radius 3 is 2.33 bits per heavy atom. The average molecular weight is 251 g/mol. The molecule has 0 saturated heterocycles. The third-order valence-electron chi connectivity index (χ3n) is 3.03. The van der Waals surface area contributed by atoms with E-state index in [0.29, 0.717) is 18.0 Å². The van der Waals surface area contributed by atoms with Gasteiger partial charge in [-0.3, -0.25) is 4.79 Å². The van der Waals surface area contributed by atoms with Crippen molar-refractivity contribution in [2.75, 3.05) is 13.1 Å². The number of benzene rings is 1. The fourth-order valence-corrected chi connectivity index (χ4v) is 1.94. The summed E-state index contributed by atoms with van der Waals surface area (Å²) >= 11 is 0. The second-order valence-corrected chi connectivity index (χ2v) is 4.81. The van der Waals surface area contributed by atoms with Crippen LogP contribution in [0.3, 0.4) is 0 Å². The number of hydrogen-bond acceptors (Lipinski definition) is 2.